The number of carbonyl (C=O) groups excluding carboxylic acids is 1. The van der Waals surface area contributed by atoms with Gasteiger partial charge in [-0.05, 0) is 113 Å². The summed E-state index contributed by atoms with van der Waals surface area (Å²) in [4.78, 5) is 15.4. The van der Waals surface area contributed by atoms with Crippen LogP contribution in [0.1, 0.15) is 53.2 Å². The van der Waals surface area contributed by atoms with Crippen LogP contribution in [0.15, 0.2) is 41.3 Å². The Bertz CT molecular complexity index is 1110. The zero-order valence-corrected chi connectivity index (χ0v) is 20.0. The smallest absolute Gasteiger partial charge is 0.255 e. The Morgan fingerprint density at radius 1 is 1.12 bits per heavy atom. The van der Waals surface area contributed by atoms with Crippen molar-refractivity contribution in [3.63, 3.8) is 0 Å². The number of rotatable bonds is 6. The first-order valence-electron chi connectivity index (χ1n) is 11.5. The number of hydrogen-bond acceptors (Lipinski definition) is 4. The van der Waals surface area contributed by atoms with E-state index in [1.807, 2.05) is 26.0 Å². The third kappa shape index (κ3) is 4.90. The summed E-state index contributed by atoms with van der Waals surface area (Å²) in [6.07, 6.45) is 5.01. The molecule has 2 aliphatic rings. The molecule has 4 rings (SSSR count). The first-order chi connectivity index (χ1) is 15.2. The van der Waals surface area contributed by atoms with Gasteiger partial charge in [0, 0.05) is 17.3 Å². The van der Waals surface area contributed by atoms with Crippen molar-refractivity contribution in [1.29, 1.82) is 0 Å². The van der Waals surface area contributed by atoms with Gasteiger partial charge in [-0.3, -0.25) is 4.79 Å². The lowest BCUT2D eigenvalue weighted by Gasteiger charge is -2.32. The van der Waals surface area contributed by atoms with E-state index in [-0.39, 0.29) is 16.8 Å². The molecular formula is C25H33N3O3S. The molecule has 32 heavy (non-hydrogen) atoms. The van der Waals surface area contributed by atoms with Crippen LogP contribution < -0.4 is 10.0 Å². The van der Waals surface area contributed by atoms with E-state index in [9.17, 15) is 13.2 Å². The fourth-order valence-corrected chi connectivity index (χ4v) is 6.30. The number of carbonyl (C=O) groups is 1. The second-order valence-electron chi connectivity index (χ2n) is 9.28. The Hall–Kier alpha value is -2.22. The highest BCUT2D eigenvalue weighted by atomic mass is 32.2. The molecule has 0 saturated carbocycles. The van der Waals surface area contributed by atoms with Crippen LogP contribution in [0, 0.1) is 12.8 Å². The summed E-state index contributed by atoms with van der Waals surface area (Å²) in [6.45, 7) is 5.77. The number of nitrogens with one attached hydrogen (secondary N) is 2. The summed E-state index contributed by atoms with van der Waals surface area (Å²) in [5, 5.41) is 2.97. The van der Waals surface area contributed by atoms with Gasteiger partial charge >= 0.3 is 0 Å². The number of sulfonamides is 1. The van der Waals surface area contributed by atoms with Gasteiger partial charge < -0.3 is 10.2 Å². The minimum atomic E-state index is -3.63. The molecule has 1 amide bonds. The van der Waals surface area contributed by atoms with E-state index in [4.69, 9.17) is 0 Å². The lowest BCUT2D eigenvalue weighted by molar-refractivity contribution is 0.102. The molecule has 6 nitrogen and oxygen atoms in total. The molecule has 0 bridgehead atoms. The first-order valence-corrected chi connectivity index (χ1v) is 13.0. The fraction of sp³-hybridized carbons (Fsp3) is 0.480. The van der Waals surface area contributed by atoms with Crippen molar-refractivity contribution < 1.29 is 13.2 Å². The van der Waals surface area contributed by atoms with Crippen LogP contribution in [0.3, 0.4) is 0 Å². The van der Waals surface area contributed by atoms with Crippen LogP contribution in [-0.2, 0) is 22.9 Å². The van der Waals surface area contributed by atoms with Gasteiger partial charge in [-0.1, -0.05) is 12.1 Å². The van der Waals surface area contributed by atoms with Crippen LogP contribution in [-0.4, -0.2) is 45.4 Å². The Balaban J connectivity index is 1.46. The van der Waals surface area contributed by atoms with Gasteiger partial charge in [0.05, 0.1) is 4.90 Å². The summed E-state index contributed by atoms with van der Waals surface area (Å²) in [7, 11) is -1.53. The van der Waals surface area contributed by atoms with E-state index in [1.165, 1.54) is 5.56 Å². The number of hydrogen-bond donors (Lipinski definition) is 2. The molecule has 1 aliphatic carbocycles. The number of anilines is 1. The minimum absolute atomic E-state index is 0.117. The molecule has 0 radical (unpaired) electrons. The normalized spacial score (nSPS) is 18.3. The van der Waals surface area contributed by atoms with Crippen molar-refractivity contribution in [3.05, 3.63) is 58.7 Å². The topological polar surface area (TPSA) is 78.5 Å². The molecule has 1 heterocycles. The molecule has 1 atom stereocenters. The summed E-state index contributed by atoms with van der Waals surface area (Å²) < 4.78 is 28.8. The van der Waals surface area contributed by atoms with Gasteiger partial charge in [0.1, 0.15) is 0 Å². The standard InChI is InChI=1S/C25H33N3O3S/c1-17-16-21(32(30,31)27-18(2)19-12-14-28(3)15-13-19)10-11-24(17)26-25(29)23-9-5-7-20-6-4-8-22(20)23/h5,7,9-11,16,18-19,27H,4,6,8,12-15H2,1-3H3,(H,26,29). The molecule has 7 heteroatoms. The number of likely N-dealkylation sites (tertiary alicyclic amines) is 1. The molecule has 1 saturated heterocycles. The molecular weight excluding hydrogens is 422 g/mol. The van der Waals surface area contributed by atoms with E-state index in [2.05, 4.69) is 28.1 Å². The Morgan fingerprint density at radius 3 is 2.59 bits per heavy atom. The van der Waals surface area contributed by atoms with Crippen LogP contribution in [0.4, 0.5) is 5.69 Å². The van der Waals surface area contributed by atoms with Crippen LogP contribution in [0.25, 0.3) is 0 Å². The Labute approximate surface area is 191 Å². The van der Waals surface area contributed by atoms with Crippen molar-refractivity contribution in [1.82, 2.24) is 9.62 Å². The lowest BCUT2D eigenvalue weighted by Crippen LogP contribution is -2.42. The summed E-state index contributed by atoms with van der Waals surface area (Å²) in [5.74, 6) is 0.199. The van der Waals surface area contributed by atoms with Crippen LogP contribution in [0.2, 0.25) is 0 Å². The van der Waals surface area contributed by atoms with Gasteiger partial charge in [-0.15, -0.1) is 0 Å². The molecule has 172 valence electrons. The molecule has 1 fully saturated rings. The Morgan fingerprint density at radius 2 is 1.88 bits per heavy atom. The van der Waals surface area contributed by atoms with Crippen molar-refractivity contribution in [2.24, 2.45) is 5.92 Å². The van der Waals surface area contributed by atoms with Crippen molar-refractivity contribution >= 4 is 21.6 Å². The van der Waals surface area contributed by atoms with Crippen LogP contribution >= 0.6 is 0 Å². The van der Waals surface area contributed by atoms with E-state index >= 15 is 0 Å². The highest BCUT2D eigenvalue weighted by Gasteiger charge is 2.27. The largest absolute Gasteiger partial charge is 0.322 e. The molecule has 0 aromatic heterocycles. The SMILES string of the molecule is Cc1cc(S(=O)(=O)NC(C)C2CCN(C)CC2)ccc1NC(=O)c1cccc2c1CCC2. The quantitative estimate of drug-likeness (QED) is 0.696. The maximum absolute atomic E-state index is 13.0. The third-order valence-corrected chi connectivity index (χ3v) is 8.51. The fourth-order valence-electron chi connectivity index (χ4n) is 4.90. The molecule has 2 aromatic rings. The summed E-state index contributed by atoms with van der Waals surface area (Å²) in [6, 6.07) is 10.7. The summed E-state index contributed by atoms with van der Waals surface area (Å²) >= 11 is 0. The number of amides is 1. The highest BCUT2D eigenvalue weighted by molar-refractivity contribution is 7.89. The first kappa shape index (κ1) is 23.0. The maximum atomic E-state index is 13.0. The maximum Gasteiger partial charge on any atom is 0.255 e. The monoisotopic (exact) mass is 455 g/mol. The molecule has 1 aliphatic heterocycles. The second kappa shape index (κ2) is 9.33. The number of nitrogens with zero attached hydrogens (tertiary/aromatic N) is 1. The second-order valence-corrected chi connectivity index (χ2v) is 11.0. The lowest BCUT2D eigenvalue weighted by atomic mass is 9.91. The van der Waals surface area contributed by atoms with Gasteiger partial charge in [0.25, 0.3) is 5.91 Å². The van der Waals surface area contributed by atoms with E-state index in [0.717, 1.165) is 56.3 Å². The van der Waals surface area contributed by atoms with E-state index in [1.54, 1.807) is 18.2 Å². The van der Waals surface area contributed by atoms with Gasteiger partial charge in [-0.2, -0.15) is 0 Å². The highest BCUT2D eigenvalue weighted by Crippen LogP contribution is 2.27. The molecule has 1 unspecified atom stereocenters. The van der Waals surface area contributed by atoms with Crippen molar-refractivity contribution in [2.75, 3.05) is 25.5 Å². The van der Waals surface area contributed by atoms with Crippen LogP contribution in [0.5, 0.6) is 0 Å². The summed E-state index contributed by atoms with van der Waals surface area (Å²) in [5.41, 5.74) is 4.45. The number of fused-ring (bicyclic) bond motifs is 1. The minimum Gasteiger partial charge on any atom is -0.322 e. The average Bonchev–Trinajstić information content (AvgIpc) is 3.24. The average molecular weight is 456 g/mol. The predicted molar refractivity (Wildman–Crippen MR) is 128 cm³/mol. The third-order valence-electron chi connectivity index (χ3n) is 6.96. The molecule has 0 spiro atoms. The number of piperidine rings is 1. The predicted octanol–water partition coefficient (Wildman–Crippen LogP) is 3.74. The number of benzene rings is 2. The van der Waals surface area contributed by atoms with Gasteiger partial charge in [0.15, 0.2) is 0 Å². The van der Waals surface area contributed by atoms with Crippen molar-refractivity contribution in [2.45, 2.75) is 56.9 Å². The van der Waals surface area contributed by atoms with Crippen molar-refractivity contribution in [3.8, 4) is 0 Å². The van der Waals surface area contributed by atoms with E-state index < -0.39 is 10.0 Å². The molecule has 2 N–H and O–H groups in total. The number of aryl methyl sites for hydroxylation is 2. The Kier molecular flexibility index (Phi) is 6.70. The zero-order valence-electron chi connectivity index (χ0n) is 19.1. The molecule has 2 aromatic carbocycles. The van der Waals surface area contributed by atoms with Gasteiger partial charge in [-0.25, -0.2) is 13.1 Å². The van der Waals surface area contributed by atoms with E-state index in [0.29, 0.717) is 17.2 Å². The zero-order chi connectivity index (χ0) is 22.9. The van der Waals surface area contributed by atoms with Gasteiger partial charge in [0.2, 0.25) is 10.0 Å².